The first kappa shape index (κ1) is 10.5. The molecule has 0 aromatic heterocycles. The smallest absolute Gasteiger partial charge is 0.339 e. The zero-order chi connectivity index (χ0) is 10.8. The Morgan fingerprint density at radius 2 is 2.40 bits per heavy atom. The first-order valence-electron chi connectivity index (χ1n) is 4.74. The number of benzene rings is 1. The van der Waals surface area contributed by atoms with Crippen molar-refractivity contribution >= 4 is 17.7 Å². The van der Waals surface area contributed by atoms with Crippen LogP contribution in [0.5, 0.6) is 0 Å². The minimum Gasteiger partial charge on any atom is -0.467 e. The van der Waals surface area contributed by atoms with Gasteiger partial charge in [-0.1, -0.05) is 12.1 Å². The van der Waals surface area contributed by atoms with Gasteiger partial charge in [0.2, 0.25) is 0 Å². The van der Waals surface area contributed by atoms with Gasteiger partial charge in [0.25, 0.3) is 0 Å². The Balaban J connectivity index is 2.26. The Kier molecular flexibility index (Phi) is 2.98. The van der Waals surface area contributed by atoms with Gasteiger partial charge in [-0.3, -0.25) is 0 Å². The summed E-state index contributed by atoms with van der Waals surface area (Å²) in [5.74, 6) is 0.466. The van der Waals surface area contributed by atoms with E-state index in [0.717, 1.165) is 12.2 Å². The average Bonchev–Trinajstić information content (AvgIpc) is 2.73. The monoisotopic (exact) mass is 224 g/mol. The number of esters is 1. The molecule has 0 saturated heterocycles. The molecule has 1 aromatic rings. The normalized spacial score (nSPS) is 15.9. The maximum absolute atomic E-state index is 11.1. The molecule has 1 aromatic carbocycles. The quantitative estimate of drug-likeness (QED) is 0.774. The van der Waals surface area contributed by atoms with E-state index in [1.165, 1.54) is 17.6 Å². The third kappa shape index (κ3) is 2.01. The molecule has 0 spiro atoms. The molecule has 1 aliphatic heterocycles. The second-order valence-corrected chi connectivity index (χ2v) is 4.53. The van der Waals surface area contributed by atoms with Crippen LogP contribution in [0.25, 0.3) is 0 Å². The highest BCUT2D eigenvalue weighted by molar-refractivity contribution is 7.99. The molecule has 4 heteroatoms. The van der Waals surface area contributed by atoms with Gasteiger partial charge in [-0.2, -0.15) is 0 Å². The second kappa shape index (κ2) is 4.24. The first-order chi connectivity index (χ1) is 7.22. The third-order valence-electron chi connectivity index (χ3n) is 2.45. The molecular formula is C11H12O3S. The van der Waals surface area contributed by atoms with Gasteiger partial charge in [0.05, 0.1) is 7.11 Å². The van der Waals surface area contributed by atoms with Crippen molar-refractivity contribution in [3.8, 4) is 0 Å². The van der Waals surface area contributed by atoms with Crippen LogP contribution in [0.3, 0.4) is 0 Å². The predicted molar refractivity (Wildman–Crippen MR) is 57.8 cm³/mol. The van der Waals surface area contributed by atoms with E-state index >= 15 is 0 Å². The average molecular weight is 224 g/mol. The first-order valence-corrected chi connectivity index (χ1v) is 5.72. The summed E-state index contributed by atoms with van der Waals surface area (Å²) >= 11 is 1.80. The van der Waals surface area contributed by atoms with Crippen LogP contribution in [0.2, 0.25) is 0 Å². The van der Waals surface area contributed by atoms with Crippen molar-refractivity contribution < 1.29 is 14.6 Å². The number of rotatable bonds is 2. The Hall–Kier alpha value is -1.00. The highest BCUT2D eigenvalue weighted by Gasteiger charge is 2.20. The molecule has 1 aliphatic rings. The predicted octanol–water partition coefficient (Wildman–Crippen LogP) is 1.54. The minimum atomic E-state index is -1.16. The molecule has 0 radical (unpaired) electrons. The topological polar surface area (TPSA) is 46.5 Å². The van der Waals surface area contributed by atoms with E-state index in [9.17, 15) is 9.90 Å². The van der Waals surface area contributed by atoms with Gasteiger partial charge in [-0.05, 0) is 23.6 Å². The molecule has 0 fully saturated rings. The summed E-state index contributed by atoms with van der Waals surface area (Å²) in [4.78, 5) is 12.4. The molecule has 15 heavy (non-hydrogen) atoms. The van der Waals surface area contributed by atoms with E-state index < -0.39 is 12.1 Å². The minimum absolute atomic E-state index is 0.611. The summed E-state index contributed by atoms with van der Waals surface area (Å²) in [6, 6.07) is 5.62. The number of methoxy groups -OCH3 is 1. The number of carbonyl (C=O) groups excluding carboxylic acids is 1. The summed E-state index contributed by atoms with van der Waals surface area (Å²) in [5, 5.41) is 9.64. The summed E-state index contributed by atoms with van der Waals surface area (Å²) in [5.41, 5.74) is 1.82. The number of carbonyl (C=O) groups is 1. The number of hydrogen-bond donors (Lipinski definition) is 1. The molecule has 1 heterocycles. The molecule has 1 unspecified atom stereocenters. The van der Waals surface area contributed by atoms with Crippen molar-refractivity contribution in [3.63, 3.8) is 0 Å². The van der Waals surface area contributed by atoms with Crippen LogP contribution in [0.1, 0.15) is 17.2 Å². The Bertz CT molecular complexity index is 389. The Labute approximate surface area is 92.4 Å². The van der Waals surface area contributed by atoms with Crippen molar-refractivity contribution in [1.82, 2.24) is 0 Å². The number of hydrogen-bond acceptors (Lipinski definition) is 4. The molecular weight excluding hydrogens is 212 g/mol. The fraction of sp³-hybridized carbons (Fsp3) is 0.364. The van der Waals surface area contributed by atoms with Crippen LogP contribution in [0, 0.1) is 0 Å². The van der Waals surface area contributed by atoms with Crippen LogP contribution in [-0.4, -0.2) is 23.9 Å². The Morgan fingerprint density at radius 3 is 3.13 bits per heavy atom. The standard InChI is InChI=1S/C11H12O3S/c1-14-11(13)10(12)8-2-3-9-7(6-8)4-5-15-9/h2-3,6,10,12H,4-5H2,1H3. The van der Waals surface area contributed by atoms with Gasteiger partial charge >= 0.3 is 5.97 Å². The molecule has 0 aliphatic carbocycles. The zero-order valence-electron chi connectivity index (χ0n) is 8.40. The van der Waals surface area contributed by atoms with Gasteiger partial charge in [0, 0.05) is 10.6 Å². The highest BCUT2D eigenvalue weighted by Crippen LogP contribution is 2.32. The molecule has 0 amide bonds. The van der Waals surface area contributed by atoms with E-state index in [1.54, 1.807) is 17.8 Å². The van der Waals surface area contributed by atoms with Crippen molar-refractivity contribution in [2.24, 2.45) is 0 Å². The lowest BCUT2D eigenvalue weighted by Gasteiger charge is -2.09. The van der Waals surface area contributed by atoms with E-state index in [4.69, 9.17) is 0 Å². The number of aryl methyl sites for hydroxylation is 1. The number of aliphatic hydroxyl groups is 1. The zero-order valence-corrected chi connectivity index (χ0v) is 9.21. The van der Waals surface area contributed by atoms with E-state index in [1.807, 2.05) is 12.1 Å². The van der Waals surface area contributed by atoms with E-state index in [-0.39, 0.29) is 0 Å². The largest absolute Gasteiger partial charge is 0.467 e. The summed E-state index contributed by atoms with van der Waals surface area (Å²) in [7, 11) is 1.27. The van der Waals surface area contributed by atoms with E-state index in [2.05, 4.69) is 4.74 Å². The number of fused-ring (bicyclic) bond motifs is 1. The van der Waals surface area contributed by atoms with Crippen LogP contribution >= 0.6 is 11.8 Å². The van der Waals surface area contributed by atoms with Gasteiger partial charge in [0.1, 0.15) is 0 Å². The molecule has 80 valence electrons. The van der Waals surface area contributed by atoms with Crippen LogP contribution in [0.4, 0.5) is 0 Å². The van der Waals surface area contributed by atoms with Crippen molar-refractivity contribution in [1.29, 1.82) is 0 Å². The van der Waals surface area contributed by atoms with Crippen molar-refractivity contribution in [2.45, 2.75) is 17.4 Å². The molecule has 0 saturated carbocycles. The van der Waals surface area contributed by atoms with Crippen molar-refractivity contribution in [2.75, 3.05) is 12.9 Å². The maximum Gasteiger partial charge on any atom is 0.339 e. The molecule has 1 N–H and O–H groups in total. The van der Waals surface area contributed by atoms with Gasteiger partial charge in [-0.15, -0.1) is 11.8 Å². The molecule has 0 bridgehead atoms. The number of ether oxygens (including phenoxy) is 1. The van der Waals surface area contributed by atoms with Crippen LogP contribution in [-0.2, 0) is 16.0 Å². The van der Waals surface area contributed by atoms with Crippen LogP contribution in [0.15, 0.2) is 23.1 Å². The number of thioether (sulfide) groups is 1. The van der Waals surface area contributed by atoms with Gasteiger partial charge in [-0.25, -0.2) is 4.79 Å². The van der Waals surface area contributed by atoms with Crippen LogP contribution < -0.4 is 0 Å². The summed E-state index contributed by atoms with van der Waals surface area (Å²) in [6.07, 6.45) is -0.159. The fourth-order valence-corrected chi connectivity index (χ4v) is 2.68. The lowest BCUT2D eigenvalue weighted by molar-refractivity contribution is -0.150. The lowest BCUT2D eigenvalue weighted by Crippen LogP contribution is -2.13. The Morgan fingerprint density at radius 1 is 1.60 bits per heavy atom. The third-order valence-corrected chi connectivity index (χ3v) is 3.57. The SMILES string of the molecule is COC(=O)C(O)c1ccc2c(c1)CCS2. The highest BCUT2D eigenvalue weighted by atomic mass is 32.2. The second-order valence-electron chi connectivity index (χ2n) is 3.39. The maximum atomic E-state index is 11.1. The van der Waals surface area contributed by atoms with Crippen molar-refractivity contribution in [3.05, 3.63) is 29.3 Å². The number of aliphatic hydroxyl groups excluding tert-OH is 1. The van der Waals surface area contributed by atoms with E-state index in [0.29, 0.717) is 5.56 Å². The van der Waals surface area contributed by atoms with Gasteiger partial charge < -0.3 is 9.84 Å². The molecule has 1 atom stereocenters. The lowest BCUT2D eigenvalue weighted by atomic mass is 10.0. The fourth-order valence-electron chi connectivity index (χ4n) is 1.62. The molecule has 2 rings (SSSR count). The van der Waals surface area contributed by atoms with Gasteiger partial charge in [0.15, 0.2) is 6.10 Å². The summed E-state index contributed by atoms with van der Waals surface area (Å²) < 4.78 is 4.49. The summed E-state index contributed by atoms with van der Waals surface area (Å²) in [6.45, 7) is 0. The molecule has 3 nitrogen and oxygen atoms in total.